The van der Waals surface area contributed by atoms with Crippen LogP contribution in [0.5, 0.6) is 0 Å². The van der Waals surface area contributed by atoms with Gasteiger partial charge in [0, 0.05) is 23.4 Å². The van der Waals surface area contributed by atoms with Gasteiger partial charge in [0.05, 0.1) is 6.20 Å². The third-order valence-corrected chi connectivity index (χ3v) is 8.19. The number of nitrogens with one attached hydrogen (secondary N) is 4. The summed E-state index contributed by atoms with van der Waals surface area (Å²) in [5.74, 6) is -1.53. The van der Waals surface area contributed by atoms with E-state index in [1.807, 2.05) is 0 Å². The molecule has 0 bridgehead atoms. The highest BCUT2D eigenvalue weighted by Crippen LogP contribution is 2.41. The highest BCUT2D eigenvalue weighted by molar-refractivity contribution is 8.01. The standard InChI is InChI=1S/C18H19N7O5S3/c1-19-18(30)22-11(9-3-2-4-31-9)14(26)21-12-15(27)25-13(17(28)29)8(7-33-16(12)25)6-32-10-5-20-24-23-10/h2-5,11-12,16H,6-7H2,1H3,(H,21,26)(H,28,29)(H2,19,22,30)(H,20,23,24)/t11?,12-,16?/m0/s1. The predicted molar refractivity (Wildman–Crippen MR) is 121 cm³/mol. The third-order valence-electron chi connectivity index (χ3n) is 4.93. The number of carboxylic acids is 1. The zero-order valence-electron chi connectivity index (χ0n) is 17.1. The molecule has 0 radical (unpaired) electrons. The summed E-state index contributed by atoms with van der Waals surface area (Å²) in [7, 11) is 1.43. The molecule has 1 saturated heterocycles. The molecule has 0 saturated carbocycles. The Bertz CT molecular complexity index is 1090. The number of thioether (sulfide) groups is 2. The molecule has 174 valence electrons. The van der Waals surface area contributed by atoms with E-state index in [2.05, 4.69) is 31.4 Å². The number of fused-ring (bicyclic) bond motifs is 1. The fourth-order valence-corrected chi connectivity index (χ4v) is 6.42. The molecule has 3 atom stereocenters. The number of hydrogen-bond acceptors (Lipinski definition) is 9. The Morgan fingerprint density at radius 1 is 1.42 bits per heavy atom. The zero-order chi connectivity index (χ0) is 23.5. The van der Waals surface area contributed by atoms with E-state index in [1.54, 1.807) is 17.5 Å². The Morgan fingerprint density at radius 3 is 2.88 bits per heavy atom. The Kier molecular flexibility index (Phi) is 6.90. The van der Waals surface area contributed by atoms with Gasteiger partial charge in [0.1, 0.15) is 28.2 Å². The van der Waals surface area contributed by atoms with E-state index in [-0.39, 0.29) is 5.70 Å². The van der Waals surface area contributed by atoms with E-state index in [9.17, 15) is 24.3 Å². The summed E-state index contributed by atoms with van der Waals surface area (Å²) in [4.78, 5) is 51.4. The molecule has 5 N–H and O–H groups in total. The van der Waals surface area contributed by atoms with Crippen LogP contribution in [0.25, 0.3) is 0 Å². The fraction of sp³-hybridized carbons (Fsp3) is 0.333. The number of carboxylic acid groups (broad SMARTS) is 1. The molecule has 12 nitrogen and oxygen atoms in total. The minimum absolute atomic E-state index is 0.0662. The first-order chi connectivity index (χ1) is 15.9. The number of amides is 4. The van der Waals surface area contributed by atoms with Crippen molar-refractivity contribution in [1.29, 1.82) is 0 Å². The number of thiophene rings is 1. The van der Waals surface area contributed by atoms with Crippen LogP contribution in [0.3, 0.4) is 0 Å². The predicted octanol–water partition coefficient (Wildman–Crippen LogP) is 0.367. The lowest BCUT2D eigenvalue weighted by Gasteiger charge is -2.49. The van der Waals surface area contributed by atoms with Gasteiger partial charge in [0.15, 0.2) is 0 Å². The first kappa shape index (κ1) is 23.1. The highest BCUT2D eigenvalue weighted by Gasteiger charge is 2.54. The molecule has 2 aromatic heterocycles. The molecule has 15 heteroatoms. The molecular weight excluding hydrogens is 490 g/mol. The monoisotopic (exact) mass is 509 g/mol. The van der Waals surface area contributed by atoms with Gasteiger partial charge < -0.3 is 21.1 Å². The second kappa shape index (κ2) is 9.84. The number of aliphatic carboxylic acids is 1. The van der Waals surface area contributed by atoms with Crippen LogP contribution in [0.2, 0.25) is 0 Å². The number of nitrogens with zero attached hydrogens (tertiary/aromatic N) is 3. The SMILES string of the molecule is CNC(=O)NC(C(=O)N[C@H]1C(=O)N2C(C(=O)O)=C(CSc3cn[nH]n3)CSC12)c1cccs1. The Balaban J connectivity index is 1.47. The molecule has 4 heterocycles. The quantitative estimate of drug-likeness (QED) is 0.249. The highest BCUT2D eigenvalue weighted by atomic mass is 32.2. The van der Waals surface area contributed by atoms with Gasteiger partial charge in [-0.25, -0.2) is 9.59 Å². The van der Waals surface area contributed by atoms with Gasteiger partial charge in [-0.05, 0) is 17.0 Å². The average molecular weight is 510 g/mol. The van der Waals surface area contributed by atoms with Gasteiger partial charge in [-0.2, -0.15) is 10.3 Å². The topological polar surface area (TPSA) is 169 Å². The molecule has 4 rings (SSSR count). The van der Waals surface area contributed by atoms with Crippen LogP contribution >= 0.6 is 34.9 Å². The first-order valence-corrected chi connectivity index (χ1v) is 12.5. The maximum atomic E-state index is 13.0. The molecule has 1 fully saturated rings. The Labute approximate surface area is 199 Å². The van der Waals surface area contributed by atoms with E-state index in [0.717, 1.165) is 0 Å². The lowest BCUT2D eigenvalue weighted by atomic mass is 10.0. The summed E-state index contributed by atoms with van der Waals surface area (Å²) in [6, 6.07) is 1.04. The lowest BCUT2D eigenvalue weighted by Crippen LogP contribution is -2.71. The molecular formula is C18H19N7O5S3. The second-order valence-electron chi connectivity index (χ2n) is 6.92. The van der Waals surface area contributed by atoms with Gasteiger partial charge in [-0.1, -0.05) is 17.8 Å². The van der Waals surface area contributed by atoms with Crippen LogP contribution in [0.15, 0.2) is 40.0 Å². The van der Waals surface area contributed by atoms with Crippen molar-refractivity contribution in [2.45, 2.75) is 22.5 Å². The molecule has 2 aromatic rings. The number of H-pyrrole nitrogens is 1. The minimum atomic E-state index is -1.20. The summed E-state index contributed by atoms with van der Waals surface area (Å²) in [6.07, 6.45) is 1.53. The van der Waals surface area contributed by atoms with E-state index in [0.29, 0.717) is 27.0 Å². The van der Waals surface area contributed by atoms with Crippen LogP contribution < -0.4 is 16.0 Å². The normalized spacial score (nSPS) is 20.5. The smallest absolute Gasteiger partial charge is 0.352 e. The van der Waals surface area contributed by atoms with Gasteiger partial charge >= 0.3 is 12.0 Å². The molecule has 2 aliphatic heterocycles. The van der Waals surface area contributed by atoms with Crippen molar-refractivity contribution in [1.82, 2.24) is 36.3 Å². The van der Waals surface area contributed by atoms with Gasteiger partial charge in [0.25, 0.3) is 5.91 Å². The molecule has 4 amide bonds. The fourth-order valence-electron chi connectivity index (χ4n) is 3.38. The van der Waals surface area contributed by atoms with Crippen molar-refractivity contribution >= 4 is 58.7 Å². The number of urea groups is 1. The van der Waals surface area contributed by atoms with Crippen molar-refractivity contribution < 1.29 is 24.3 Å². The van der Waals surface area contributed by atoms with Crippen molar-refractivity contribution in [2.75, 3.05) is 18.6 Å². The molecule has 0 aromatic carbocycles. The van der Waals surface area contributed by atoms with Gasteiger partial charge in [-0.3, -0.25) is 14.5 Å². The number of carbonyl (C=O) groups excluding carboxylic acids is 3. The number of rotatable bonds is 8. The van der Waals surface area contributed by atoms with E-state index in [4.69, 9.17) is 0 Å². The summed E-state index contributed by atoms with van der Waals surface area (Å²) >= 11 is 3.98. The lowest BCUT2D eigenvalue weighted by molar-refractivity contribution is -0.150. The maximum absolute atomic E-state index is 13.0. The summed E-state index contributed by atoms with van der Waals surface area (Å²) in [5.41, 5.74) is 0.524. The second-order valence-corrected chi connectivity index (χ2v) is 10.0. The van der Waals surface area contributed by atoms with E-state index < -0.39 is 41.3 Å². The Morgan fingerprint density at radius 2 is 2.24 bits per heavy atom. The van der Waals surface area contributed by atoms with Gasteiger partial charge in [0.2, 0.25) is 5.91 Å². The van der Waals surface area contributed by atoms with Crippen molar-refractivity contribution in [2.24, 2.45) is 0 Å². The maximum Gasteiger partial charge on any atom is 0.352 e. The van der Waals surface area contributed by atoms with Crippen LogP contribution in [-0.4, -0.2) is 79.2 Å². The summed E-state index contributed by atoms with van der Waals surface area (Å²) in [5, 5.41) is 29.4. The molecule has 33 heavy (non-hydrogen) atoms. The number of hydrogen-bond donors (Lipinski definition) is 5. The van der Waals surface area contributed by atoms with Crippen LogP contribution in [0, 0.1) is 0 Å². The van der Waals surface area contributed by atoms with Crippen molar-refractivity contribution in [3.8, 4) is 0 Å². The number of aromatic nitrogens is 3. The molecule has 0 aliphatic carbocycles. The van der Waals surface area contributed by atoms with E-state index in [1.165, 1.54) is 53.0 Å². The minimum Gasteiger partial charge on any atom is -0.477 e. The largest absolute Gasteiger partial charge is 0.477 e. The van der Waals surface area contributed by atoms with Crippen molar-refractivity contribution in [3.05, 3.63) is 39.9 Å². The molecule has 2 unspecified atom stereocenters. The summed E-state index contributed by atoms with van der Waals surface area (Å²) in [6.45, 7) is 0. The first-order valence-electron chi connectivity index (χ1n) is 9.61. The van der Waals surface area contributed by atoms with Crippen LogP contribution in [-0.2, 0) is 14.4 Å². The summed E-state index contributed by atoms with van der Waals surface area (Å²) < 4.78 is 0. The molecule has 2 aliphatic rings. The van der Waals surface area contributed by atoms with Crippen LogP contribution in [0.4, 0.5) is 4.79 Å². The zero-order valence-corrected chi connectivity index (χ0v) is 19.6. The van der Waals surface area contributed by atoms with Crippen LogP contribution in [0.1, 0.15) is 10.9 Å². The Hall–Kier alpha value is -3.04. The number of aromatic amines is 1. The number of carbonyl (C=O) groups is 4. The average Bonchev–Trinajstić information content (AvgIpc) is 3.52. The number of β-lactam (4-membered cyclic amide) rings is 1. The van der Waals surface area contributed by atoms with Gasteiger partial charge in [-0.15, -0.1) is 28.2 Å². The third kappa shape index (κ3) is 4.69. The van der Waals surface area contributed by atoms with Crippen molar-refractivity contribution in [3.63, 3.8) is 0 Å². The molecule has 0 spiro atoms. The van der Waals surface area contributed by atoms with E-state index >= 15 is 0 Å².